The highest BCUT2D eigenvalue weighted by Crippen LogP contribution is 2.31. The Morgan fingerprint density at radius 3 is 2.38 bits per heavy atom. The highest BCUT2D eigenvalue weighted by Gasteiger charge is 2.30. The summed E-state index contributed by atoms with van der Waals surface area (Å²) < 4.78 is 38.5. The van der Waals surface area contributed by atoms with Gasteiger partial charge in [0.25, 0.3) is 0 Å². The van der Waals surface area contributed by atoms with Crippen LogP contribution in [0.1, 0.15) is 11.3 Å². The van der Waals surface area contributed by atoms with Gasteiger partial charge in [0.15, 0.2) is 0 Å². The number of hydrogen-bond acceptors (Lipinski definition) is 3. The summed E-state index contributed by atoms with van der Waals surface area (Å²) in [4.78, 5) is 11.8. The van der Waals surface area contributed by atoms with Gasteiger partial charge in [-0.3, -0.25) is 9.88 Å². The molecule has 1 saturated heterocycles. The van der Waals surface area contributed by atoms with Gasteiger partial charge in [-0.05, 0) is 35.7 Å². The number of aromatic amines is 1. The van der Waals surface area contributed by atoms with Gasteiger partial charge in [0.1, 0.15) is 0 Å². The maximum Gasteiger partial charge on any atom is 0.416 e. The van der Waals surface area contributed by atoms with Crippen molar-refractivity contribution in [2.75, 3.05) is 31.1 Å². The Balaban J connectivity index is 1.42. The van der Waals surface area contributed by atoms with Crippen LogP contribution in [0.3, 0.4) is 0 Å². The topological polar surface area (TPSA) is 35.2 Å². The zero-order chi connectivity index (χ0) is 18.1. The van der Waals surface area contributed by atoms with Gasteiger partial charge in [-0.15, -0.1) is 0 Å². The average Bonchev–Trinajstić information content (AvgIpc) is 3.04. The summed E-state index contributed by atoms with van der Waals surface area (Å²) in [7, 11) is 0. The van der Waals surface area contributed by atoms with Crippen molar-refractivity contribution in [3.8, 4) is 0 Å². The third-order valence-electron chi connectivity index (χ3n) is 4.80. The molecular weight excluding hydrogens is 341 g/mol. The molecule has 1 N–H and O–H groups in total. The van der Waals surface area contributed by atoms with Crippen LogP contribution in [-0.2, 0) is 12.7 Å². The summed E-state index contributed by atoms with van der Waals surface area (Å²) in [5, 5.41) is 0.809. The van der Waals surface area contributed by atoms with E-state index in [1.54, 1.807) is 12.4 Å². The Hall–Kier alpha value is -2.54. The number of aromatic nitrogens is 2. The van der Waals surface area contributed by atoms with Crippen LogP contribution in [0.5, 0.6) is 0 Å². The second kappa shape index (κ2) is 6.64. The molecule has 0 radical (unpaired) electrons. The summed E-state index contributed by atoms with van der Waals surface area (Å²) in [6.45, 7) is 4.36. The Labute approximate surface area is 149 Å². The Kier molecular flexibility index (Phi) is 4.32. The van der Waals surface area contributed by atoms with Gasteiger partial charge in [0.2, 0.25) is 0 Å². The quantitative estimate of drug-likeness (QED) is 0.769. The number of benzene rings is 1. The van der Waals surface area contributed by atoms with E-state index >= 15 is 0 Å². The first-order valence-electron chi connectivity index (χ1n) is 8.55. The molecule has 0 bridgehead atoms. The fraction of sp³-hybridized carbons (Fsp3) is 0.316. The van der Waals surface area contributed by atoms with Crippen molar-refractivity contribution in [2.24, 2.45) is 0 Å². The average molecular weight is 360 g/mol. The first-order valence-corrected chi connectivity index (χ1v) is 8.55. The molecule has 4 rings (SSSR count). The summed E-state index contributed by atoms with van der Waals surface area (Å²) in [6, 6.07) is 9.79. The third-order valence-corrected chi connectivity index (χ3v) is 4.80. The lowest BCUT2D eigenvalue weighted by atomic mass is 10.1. The van der Waals surface area contributed by atoms with Crippen molar-refractivity contribution < 1.29 is 13.2 Å². The standard InChI is InChI=1S/C19H19F3N4/c20-19(21,22)15-2-1-14-11-16(24-18(14)12-15)13-25-7-9-26(10-8-25)17-3-5-23-6-4-17/h1-6,11-12,24H,7-10,13H2. The number of nitrogens with zero attached hydrogens (tertiary/aromatic N) is 3. The van der Waals surface area contributed by atoms with Crippen LogP contribution in [-0.4, -0.2) is 41.0 Å². The van der Waals surface area contributed by atoms with E-state index in [9.17, 15) is 13.2 Å². The van der Waals surface area contributed by atoms with Crippen molar-refractivity contribution in [3.05, 3.63) is 60.0 Å². The Morgan fingerprint density at radius 1 is 0.962 bits per heavy atom. The fourth-order valence-electron chi connectivity index (χ4n) is 3.41. The Morgan fingerprint density at radius 2 is 1.69 bits per heavy atom. The van der Waals surface area contributed by atoms with E-state index in [0.29, 0.717) is 12.1 Å². The first kappa shape index (κ1) is 16.9. The second-order valence-corrected chi connectivity index (χ2v) is 6.56. The lowest BCUT2D eigenvalue weighted by Gasteiger charge is -2.35. The summed E-state index contributed by atoms with van der Waals surface area (Å²) >= 11 is 0. The molecule has 4 nitrogen and oxygen atoms in total. The summed E-state index contributed by atoms with van der Waals surface area (Å²) in [6.07, 6.45) is -0.731. The molecule has 7 heteroatoms. The van der Waals surface area contributed by atoms with E-state index in [2.05, 4.69) is 19.8 Å². The molecule has 2 aromatic heterocycles. The van der Waals surface area contributed by atoms with Crippen molar-refractivity contribution in [1.82, 2.24) is 14.9 Å². The number of fused-ring (bicyclic) bond motifs is 1. The second-order valence-electron chi connectivity index (χ2n) is 6.56. The minimum absolute atomic E-state index is 0.533. The van der Waals surface area contributed by atoms with Crippen LogP contribution in [0.4, 0.5) is 18.9 Å². The van der Waals surface area contributed by atoms with Crippen molar-refractivity contribution in [1.29, 1.82) is 0 Å². The molecule has 3 heterocycles. The predicted molar refractivity (Wildman–Crippen MR) is 95.0 cm³/mol. The zero-order valence-corrected chi connectivity index (χ0v) is 14.1. The molecule has 0 spiro atoms. The number of halogens is 3. The maximum absolute atomic E-state index is 12.8. The molecular formula is C19H19F3N4. The van der Waals surface area contributed by atoms with Gasteiger partial charge in [0.05, 0.1) is 5.56 Å². The van der Waals surface area contributed by atoms with Gasteiger partial charge < -0.3 is 9.88 Å². The summed E-state index contributed by atoms with van der Waals surface area (Å²) in [5.74, 6) is 0. The molecule has 1 fully saturated rings. The number of anilines is 1. The van der Waals surface area contributed by atoms with Crippen molar-refractivity contribution >= 4 is 16.6 Å². The minimum Gasteiger partial charge on any atom is -0.369 e. The highest BCUT2D eigenvalue weighted by atomic mass is 19.4. The molecule has 0 atom stereocenters. The number of nitrogens with one attached hydrogen (secondary N) is 1. The number of pyridine rings is 1. The normalized spacial score (nSPS) is 16.3. The molecule has 1 aromatic carbocycles. The lowest BCUT2D eigenvalue weighted by molar-refractivity contribution is -0.137. The van der Waals surface area contributed by atoms with E-state index in [1.807, 2.05) is 18.2 Å². The zero-order valence-electron chi connectivity index (χ0n) is 14.1. The van der Waals surface area contributed by atoms with E-state index in [-0.39, 0.29) is 0 Å². The smallest absolute Gasteiger partial charge is 0.369 e. The molecule has 0 aliphatic carbocycles. The number of H-pyrrole nitrogens is 1. The molecule has 26 heavy (non-hydrogen) atoms. The van der Waals surface area contributed by atoms with Crippen molar-refractivity contribution in [2.45, 2.75) is 12.7 Å². The van der Waals surface area contributed by atoms with Gasteiger partial charge in [0, 0.05) is 62.0 Å². The van der Waals surface area contributed by atoms with E-state index in [4.69, 9.17) is 0 Å². The third kappa shape index (κ3) is 3.53. The van der Waals surface area contributed by atoms with E-state index in [1.165, 1.54) is 17.8 Å². The number of rotatable bonds is 3. The molecule has 0 saturated carbocycles. The molecule has 0 amide bonds. The lowest BCUT2D eigenvalue weighted by Crippen LogP contribution is -2.46. The predicted octanol–water partition coefficient (Wildman–Crippen LogP) is 3.90. The van der Waals surface area contributed by atoms with Crippen LogP contribution in [0.15, 0.2) is 48.8 Å². The minimum atomic E-state index is -4.32. The van der Waals surface area contributed by atoms with Crippen LogP contribution in [0.2, 0.25) is 0 Å². The summed E-state index contributed by atoms with van der Waals surface area (Å²) in [5.41, 5.74) is 2.02. The van der Waals surface area contributed by atoms with E-state index in [0.717, 1.165) is 43.3 Å². The highest BCUT2D eigenvalue weighted by molar-refractivity contribution is 5.81. The monoisotopic (exact) mass is 360 g/mol. The van der Waals surface area contributed by atoms with Gasteiger partial charge >= 0.3 is 6.18 Å². The molecule has 136 valence electrons. The van der Waals surface area contributed by atoms with E-state index < -0.39 is 11.7 Å². The Bertz CT molecular complexity index is 881. The number of alkyl halides is 3. The number of hydrogen-bond donors (Lipinski definition) is 1. The van der Waals surface area contributed by atoms with Crippen LogP contribution in [0.25, 0.3) is 10.9 Å². The van der Waals surface area contributed by atoms with Gasteiger partial charge in [-0.25, -0.2) is 0 Å². The molecule has 1 aliphatic rings. The van der Waals surface area contributed by atoms with Gasteiger partial charge in [-0.1, -0.05) is 6.07 Å². The number of piperazine rings is 1. The fourth-order valence-corrected chi connectivity index (χ4v) is 3.41. The SMILES string of the molecule is FC(F)(F)c1ccc2cc(CN3CCN(c4ccncc4)CC3)[nH]c2c1. The molecule has 3 aromatic rings. The van der Waals surface area contributed by atoms with Gasteiger partial charge in [-0.2, -0.15) is 13.2 Å². The first-order chi connectivity index (χ1) is 12.5. The van der Waals surface area contributed by atoms with Crippen LogP contribution < -0.4 is 4.90 Å². The van der Waals surface area contributed by atoms with Crippen molar-refractivity contribution in [3.63, 3.8) is 0 Å². The molecule has 1 aliphatic heterocycles. The largest absolute Gasteiger partial charge is 0.416 e. The molecule has 0 unspecified atom stereocenters. The van der Waals surface area contributed by atoms with Crippen LogP contribution in [0, 0.1) is 0 Å². The van der Waals surface area contributed by atoms with Crippen LogP contribution >= 0.6 is 0 Å². The maximum atomic E-state index is 12.8.